The van der Waals surface area contributed by atoms with Crippen LogP contribution in [0.4, 0.5) is 0 Å². The molecule has 0 aliphatic heterocycles. The van der Waals surface area contributed by atoms with E-state index in [4.69, 9.17) is 9.47 Å². The largest absolute Gasteiger partial charge is 0.504 e. The van der Waals surface area contributed by atoms with Crippen LogP contribution < -0.4 is 9.47 Å². The van der Waals surface area contributed by atoms with Crippen LogP contribution in [0.25, 0.3) is 0 Å². The second kappa shape index (κ2) is 14.9. The van der Waals surface area contributed by atoms with Crippen molar-refractivity contribution in [2.24, 2.45) is 0 Å². The highest BCUT2D eigenvalue weighted by atomic mass is 32.2. The average molecular weight is 617 g/mol. The van der Waals surface area contributed by atoms with E-state index in [1.165, 1.54) is 49.7 Å². The summed E-state index contributed by atoms with van der Waals surface area (Å²) in [6.07, 6.45) is 7.39. The van der Waals surface area contributed by atoms with E-state index in [1.54, 1.807) is 0 Å². The number of ether oxygens (including phenoxy) is 2. The monoisotopic (exact) mass is 616 g/mol. The lowest BCUT2D eigenvalue weighted by atomic mass is 9.86. The summed E-state index contributed by atoms with van der Waals surface area (Å²) in [5.74, 6) is 3.24. The van der Waals surface area contributed by atoms with Gasteiger partial charge in [-0.25, -0.2) is 0 Å². The zero-order valence-corrected chi connectivity index (χ0v) is 29.4. The Bertz CT molecular complexity index is 1070. The van der Waals surface area contributed by atoms with Crippen molar-refractivity contribution in [1.29, 1.82) is 0 Å². The van der Waals surface area contributed by atoms with E-state index in [9.17, 15) is 10.2 Å². The molecule has 6 heteroatoms. The van der Waals surface area contributed by atoms with Gasteiger partial charge in [0.25, 0.3) is 0 Å². The van der Waals surface area contributed by atoms with Crippen LogP contribution in [-0.4, -0.2) is 32.9 Å². The van der Waals surface area contributed by atoms with Crippen LogP contribution in [0.2, 0.25) is 0 Å². The third-order valence-corrected chi connectivity index (χ3v) is 10.9. The van der Waals surface area contributed by atoms with Gasteiger partial charge in [-0.05, 0) is 74.6 Å². The zero-order valence-electron chi connectivity index (χ0n) is 27.8. The van der Waals surface area contributed by atoms with Crippen molar-refractivity contribution < 1.29 is 19.7 Å². The van der Waals surface area contributed by atoms with Gasteiger partial charge in [-0.2, -0.15) is 23.5 Å². The van der Waals surface area contributed by atoms with Crippen molar-refractivity contribution in [3.05, 3.63) is 46.5 Å². The van der Waals surface area contributed by atoms with Gasteiger partial charge in [0.05, 0.1) is 12.2 Å². The SMILES string of the molecule is CC(C)Oc1cc(C(C)(C)C)cc(CSC2CCCCCC[C@@H]2SCc2cc(C(C)(C)C)cc(OC(C)C)c2O)c1O. The average Bonchev–Trinajstić information content (AvgIpc) is 2.85. The molecule has 2 atom stereocenters. The van der Waals surface area contributed by atoms with Gasteiger partial charge in [0.15, 0.2) is 23.0 Å². The van der Waals surface area contributed by atoms with E-state index < -0.39 is 0 Å². The zero-order chi connectivity index (χ0) is 31.2. The lowest BCUT2D eigenvalue weighted by Crippen LogP contribution is -2.22. The summed E-state index contributed by atoms with van der Waals surface area (Å²) in [5.41, 5.74) is 4.21. The van der Waals surface area contributed by atoms with Gasteiger partial charge >= 0.3 is 0 Å². The molecule has 0 spiro atoms. The molecule has 2 N–H and O–H groups in total. The second-order valence-corrected chi connectivity index (χ2v) is 16.9. The molecule has 0 bridgehead atoms. The first kappa shape index (κ1) is 34.8. The van der Waals surface area contributed by atoms with E-state index in [1.807, 2.05) is 63.4 Å². The molecular formula is C36H56O4S2. The summed E-state index contributed by atoms with van der Waals surface area (Å²) in [6.45, 7) is 21.2. The Kier molecular flexibility index (Phi) is 12.3. The first-order chi connectivity index (χ1) is 19.6. The molecule has 0 aromatic heterocycles. The molecule has 1 unspecified atom stereocenters. The molecule has 0 saturated heterocycles. The van der Waals surface area contributed by atoms with Gasteiger partial charge in [0, 0.05) is 33.1 Å². The molecule has 2 aromatic carbocycles. The number of rotatable bonds is 10. The Morgan fingerprint density at radius 2 is 1.00 bits per heavy atom. The number of hydrogen-bond acceptors (Lipinski definition) is 6. The number of phenolic OH excluding ortho intramolecular Hbond substituents is 2. The number of thioether (sulfide) groups is 2. The minimum atomic E-state index is -0.0391. The maximum atomic E-state index is 11.2. The van der Waals surface area contributed by atoms with Crippen LogP contribution in [0.3, 0.4) is 0 Å². The van der Waals surface area contributed by atoms with Gasteiger partial charge in [0.1, 0.15) is 0 Å². The highest BCUT2D eigenvalue weighted by Crippen LogP contribution is 2.44. The molecule has 0 radical (unpaired) electrons. The van der Waals surface area contributed by atoms with Gasteiger partial charge in [-0.3, -0.25) is 0 Å². The Hall–Kier alpha value is -1.66. The van der Waals surface area contributed by atoms with E-state index in [0.717, 1.165) is 22.6 Å². The first-order valence-corrected chi connectivity index (χ1v) is 17.9. The van der Waals surface area contributed by atoms with Gasteiger partial charge in [-0.1, -0.05) is 79.4 Å². The summed E-state index contributed by atoms with van der Waals surface area (Å²) in [7, 11) is 0. The van der Waals surface area contributed by atoms with Crippen LogP contribution in [0, 0.1) is 0 Å². The van der Waals surface area contributed by atoms with Crippen LogP contribution in [0.1, 0.15) is 130 Å². The lowest BCUT2D eigenvalue weighted by Gasteiger charge is -2.30. The van der Waals surface area contributed by atoms with Gasteiger partial charge in [-0.15, -0.1) is 0 Å². The molecule has 1 fully saturated rings. The fourth-order valence-corrected chi connectivity index (χ4v) is 8.36. The lowest BCUT2D eigenvalue weighted by molar-refractivity contribution is 0.230. The first-order valence-electron chi connectivity index (χ1n) is 15.9. The maximum absolute atomic E-state index is 11.2. The van der Waals surface area contributed by atoms with Crippen molar-refractivity contribution in [3.63, 3.8) is 0 Å². The standard InChI is InChI=1S/C36H56O4S2/c1-23(2)39-29-19-27(35(5,6)7)17-25(33(29)37)21-41-31-15-13-11-12-14-16-32(31)42-22-26-18-28(36(8,9)10)20-30(34(26)38)40-24(3)4/h17-20,23-24,31-32,37-38H,11-16,21-22H2,1-10H3/t31-,32?/m0/s1. The molecular weight excluding hydrogens is 561 g/mol. The van der Waals surface area contributed by atoms with E-state index in [0.29, 0.717) is 22.0 Å². The van der Waals surface area contributed by atoms with Crippen molar-refractivity contribution >= 4 is 23.5 Å². The third kappa shape index (κ3) is 9.94. The second-order valence-electron chi connectivity index (χ2n) is 14.5. The predicted molar refractivity (Wildman–Crippen MR) is 183 cm³/mol. The third-order valence-electron chi connectivity index (χ3n) is 7.81. The number of hydrogen-bond donors (Lipinski definition) is 2. The molecule has 1 aliphatic rings. The van der Waals surface area contributed by atoms with Crippen molar-refractivity contribution in [2.45, 2.75) is 153 Å². The molecule has 0 heterocycles. The number of phenols is 2. The van der Waals surface area contributed by atoms with Crippen molar-refractivity contribution in [3.8, 4) is 23.0 Å². The van der Waals surface area contributed by atoms with Crippen LogP contribution in [0.5, 0.6) is 23.0 Å². The summed E-state index contributed by atoms with van der Waals surface area (Å²) in [4.78, 5) is 0. The number of aromatic hydroxyl groups is 2. The van der Waals surface area contributed by atoms with Crippen molar-refractivity contribution in [2.75, 3.05) is 0 Å². The molecule has 42 heavy (non-hydrogen) atoms. The topological polar surface area (TPSA) is 58.9 Å². The van der Waals surface area contributed by atoms with E-state index >= 15 is 0 Å². The van der Waals surface area contributed by atoms with E-state index in [-0.39, 0.29) is 34.5 Å². The normalized spacial score (nSPS) is 18.7. The Labute approximate surface area is 264 Å². The van der Waals surface area contributed by atoms with Gasteiger partial charge in [0.2, 0.25) is 0 Å². The number of benzene rings is 2. The molecule has 3 rings (SSSR count). The molecule has 0 amide bonds. The maximum Gasteiger partial charge on any atom is 0.161 e. The summed E-state index contributed by atoms with van der Waals surface area (Å²) < 4.78 is 12.1. The Morgan fingerprint density at radius 3 is 1.31 bits per heavy atom. The van der Waals surface area contributed by atoms with Gasteiger partial charge < -0.3 is 19.7 Å². The van der Waals surface area contributed by atoms with Crippen molar-refractivity contribution in [1.82, 2.24) is 0 Å². The highest BCUT2D eigenvalue weighted by Gasteiger charge is 2.27. The fourth-order valence-electron chi connectivity index (χ4n) is 5.30. The molecule has 2 aromatic rings. The Morgan fingerprint density at radius 1 is 0.643 bits per heavy atom. The summed E-state index contributed by atoms with van der Waals surface area (Å²) >= 11 is 3.95. The fraction of sp³-hybridized carbons (Fsp3) is 0.667. The quantitative estimate of drug-likeness (QED) is 0.277. The minimum absolute atomic E-state index is 0.00216. The molecule has 4 nitrogen and oxygen atoms in total. The smallest absolute Gasteiger partial charge is 0.161 e. The predicted octanol–water partition coefficient (Wildman–Crippen LogP) is 10.5. The minimum Gasteiger partial charge on any atom is -0.504 e. The van der Waals surface area contributed by atoms with Crippen LogP contribution >= 0.6 is 23.5 Å². The Balaban J connectivity index is 1.85. The van der Waals surface area contributed by atoms with Crippen LogP contribution in [0.15, 0.2) is 24.3 Å². The summed E-state index contributed by atoms with van der Waals surface area (Å²) in [6, 6.07) is 8.36. The molecule has 236 valence electrons. The van der Waals surface area contributed by atoms with E-state index in [2.05, 4.69) is 53.7 Å². The van der Waals surface area contributed by atoms with Crippen LogP contribution in [-0.2, 0) is 22.3 Å². The summed E-state index contributed by atoms with van der Waals surface area (Å²) in [5, 5.41) is 23.4. The molecule has 1 saturated carbocycles. The highest BCUT2D eigenvalue weighted by molar-refractivity contribution is 8.03. The molecule has 1 aliphatic carbocycles.